The van der Waals surface area contributed by atoms with Crippen molar-refractivity contribution < 1.29 is 0 Å². The Morgan fingerprint density at radius 2 is 1.72 bits per heavy atom. The Bertz CT molecular complexity index is 392. The number of thiophene rings is 1. The lowest BCUT2D eigenvalue weighted by Gasteiger charge is -2.22. The Morgan fingerprint density at radius 1 is 1.17 bits per heavy atom. The van der Waals surface area contributed by atoms with Gasteiger partial charge >= 0.3 is 0 Å². The van der Waals surface area contributed by atoms with E-state index in [1.54, 1.807) is 4.88 Å². The molecular weight excluding hydrogens is 256 g/mol. The molecule has 0 radical (unpaired) electrons. The van der Waals surface area contributed by atoms with Crippen LogP contribution in [0.1, 0.15) is 77.5 Å². The maximum atomic E-state index is 2.43. The Kier molecular flexibility index (Phi) is 4.99. The second-order valence-corrected chi connectivity index (χ2v) is 9.79. The molecule has 104 valence electrons. The molecule has 0 atom stereocenters. The quantitative estimate of drug-likeness (QED) is 0.572. The molecular formula is C16H28S2. The van der Waals surface area contributed by atoms with Crippen molar-refractivity contribution in [3.63, 3.8) is 0 Å². The van der Waals surface area contributed by atoms with Crippen molar-refractivity contribution in [1.29, 1.82) is 0 Å². The van der Waals surface area contributed by atoms with E-state index in [1.165, 1.54) is 16.2 Å². The number of hydrogen-bond acceptors (Lipinski definition) is 2. The standard InChI is InChI=1S/C16H28S2/c1-9-16(7,8)18-12-10-13(15(4,5)6)17-14(12)11(2)3/h10-11H,9H2,1-8H3. The van der Waals surface area contributed by atoms with Gasteiger partial charge in [-0.05, 0) is 23.8 Å². The minimum absolute atomic E-state index is 0.267. The topological polar surface area (TPSA) is 0 Å². The van der Waals surface area contributed by atoms with Gasteiger partial charge < -0.3 is 0 Å². The van der Waals surface area contributed by atoms with Crippen LogP contribution < -0.4 is 0 Å². The summed E-state index contributed by atoms with van der Waals surface area (Å²) in [5.41, 5.74) is 0.267. The van der Waals surface area contributed by atoms with Crippen LogP contribution in [-0.4, -0.2) is 4.75 Å². The van der Waals surface area contributed by atoms with E-state index in [2.05, 4.69) is 61.5 Å². The molecule has 0 nitrogen and oxygen atoms in total. The molecule has 0 aliphatic heterocycles. The zero-order valence-electron chi connectivity index (χ0n) is 13.2. The van der Waals surface area contributed by atoms with Crippen LogP contribution in [0.4, 0.5) is 0 Å². The minimum atomic E-state index is 0.267. The maximum Gasteiger partial charge on any atom is 0.0222 e. The molecule has 1 aromatic rings. The average Bonchev–Trinajstić information content (AvgIpc) is 2.60. The summed E-state index contributed by atoms with van der Waals surface area (Å²) < 4.78 is 0.333. The predicted molar refractivity (Wildman–Crippen MR) is 87.3 cm³/mol. The third kappa shape index (κ3) is 4.03. The van der Waals surface area contributed by atoms with Crippen LogP contribution in [0.3, 0.4) is 0 Å². The lowest BCUT2D eigenvalue weighted by molar-refractivity contribution is 0.603. The molecule has 0 saturated carbocycles. The Hall–Kier alpha value is 0.0500. The van der Waals surface area contributed by atoms with Gasteiger partial charge in [-0.3, -0.25) is 0 Å². The normalized spacial score (nSPS) is 13.4. The molecule has 0 unspecified atom stereocenters. The van der Waals surface area contributed by atoms with Gasteiger partial charge in [0.1, 0.15) is 0 Å². The first kappa shape index (κ1) is 16.1. The summed E-state index contributed by atoms with van der Waals surface area (Å²) >= 11 is 4.05. The molecule has 0 fully saturated rings. The number of thioether (sulfide) groups is 1. The van der Waals surface area contributed by atoms with E-state index in [0.717, 1.165) is 0 Å². The van der Waals surface area contributed by atoms with Crippen molar-refractivity contribution >= 4 is 23.1 Å². The van der Waals surface area contributed by atoms with Crippen molar-refractivity contribution in [3.05, 3.63) is 15.8 Å². The molecule has 1 rings (SSSR count). The van der Waals surface area contributed by atoms with Gasteiger partial charge in [-0.15, -0.1) is 23.1 Å². The Labute approximate surface area is 122 Å². The van der Waals surface area contributed by atoms with Gasteiger partial charge in [0, 0.05) is 19.4 Å². The monoisotopic (exact) mass is 284 g/mol. The molecule has 0 aliphatic carbocycles. The fourth-order valence-corrected chi connectivity index (χ4v) is 4.30. The molecule has 1 aromatic heterocycles. The second-order valence-electron chi connectivity index (χ2n) is 6.96. The molecule has 0 saturated heterocycles. The molecule has 1 heterocycles. The second kappa shape index (κ2) is 5.58. The Morgan fingerprint density at radius 3 is 2.11 bits per heavy atom. The van der Waals surface area contributed by atoms with Gasteiger partial charge in [-0.1, -0.05) is 55.4 Å². The van der Waals surface area contributed by atoms with Crippen molar-refractivity contribution in [3.8, 4) is 0 Å². The summed E-state index contributed by atoms with van der Waals surface area (Å²) in [7, 11) is 0. The summed E-state index contributed by atoms with van der Waals surface area (Å²) in [6, 6.07) is 2.43. The molecule has 0 aromatic carbocycles. The van der Waals surface area contributed by atoms with E-state index < -0.39 is 0 Å². The van der Waals surface area contributed by atoms with Crippen LogP contribution in [0, 0.1) is 0 Å². The van der Waals surface area contributed by atoms with Gasteiger partial charge in [-0.25, -0.2) is 0 Å². The highest BCUT2D eigenvalue weighted by Crippen LogP contribution is 2.45. The number of rotatable bonds is 4. The lowest BCUT2D eigenvalue weighted by Crippen LogP contribution is -2.12. The zero-order valence-corrected chi connectivity index (χ0v) is 14.8. The average molecular weight is 285 g/mol. The van der Waals surface area contributed by atoms with Crippen LogP contribution in [-0.2, 0) is 5.41 Å². The van der Waals surface area contributed by atoms with Crippen molar-refractivity contribution in [2.75, 3.05) is 0 Å². The van der Waals surface area contributed by atoms with E-state index in [1.807, 2.05) is 23.1 Å². The highest BCUT2D eigenvalue weighted by Gasteiger charge is 2.25. The summed E-state index contributed by atoms with van der Waals surface area (Å²) in [6.45, 7) is 18.5. The highest BCUT2D eigenvalue weighted by atomic mass is 32.2. The summed E-state index contributed by atoms with van der Waals surface area (Å²) in [6.07, 6.45) is 1.20. The fraction of sp³-hybridized carbons (Fsp3) is 0.750. The van der Waals surface area contributed by atoms with Crippen molar-refractivity contribution in [1.82, 2.24) is 0 Å². The van der Waals surface area contributed by atoms with E-state index in [-0.39, 0.29) is 5.41 Å². The molecule has 0 spiro atoms. The molecule has 0 amide bonds. The van der Waals surface area contributed by atoms with E-state index in [0.29, 0.717) is 10.7 Å². The summed E-state index contributed by atoms with van der Waals surface area (Å²) in [4.78, 5) is 4.58. The largest absolute Gasteiger partial charge is 0.143 e. The molecule has 0 N–H and O–H groups in total. The first-order valence-corrected chi connectivity index (χ1v) is 8.53. The zero-order chi connectivity index (χ0) is 14.1. The SMILES string of the molecule is CCC(C)(C)Sc1cc(C(C)(C)C)sc1C(C)C. The summed E-state index contributed by atoms with van der Waals surface area (Å²) in [5.74, 6) is 0.626. The van der Waals surface area contributed by atoms with Crippen LogP contribution >= 0.6 is 23.1 Å². The molecule has 0 aliphatic rings. The van der Waals surface area contributed by atoms with Crippen LogP contribution in [0.15, 0.2) is 11.0 Å². The van der Waals surface area contributed by atoms with E-state index in [4.69, 9.17) is 0 Å². The number of hydrogen-bond donors (Lipinski definition) is 0. The highest BCUT2D eigenvalue weighted by molar-refractivity contribution is 8.00. The molecule has 0 bridgehead atoms. The minimum Gasteiger partial charge on any atom is -0.143 e. The van der Waals surface area contributed by atoms with Gasteiger partial charge in [-0.2, -0.15) is 0 Å². The van der Waals surface area contributed by atoms with Crippen LogP contribution in [0.5, 0.6) is 0 Å². The van der Waals surface area contributed by atoms with Gasteiger partial charge in [0.25, 0.3) is 0 Å². The predicted octanol–water partition coefficient (Wildman–Crippen LogP) is 6.45. The molecule has 18 heavy (non-hydrogen) atoms. The van der Waals surface area contributed by atoms with Crippen molar-refractivity contribution in [2.24, 2.45) is 0 Å². The van der Waals surface area contributed by atoms with E-state index >= 15 is 0 Å². The smallest absolute Gasteiger partial charge is 0.0222 e. The first-order valence-electron chi connectivity index (χ1n) is 6.90. The fourth-order valence-electron chi connectivity index (χ4n) is 1.61. The van der Waals surface area contributed by atoms with Crippen LogP contribution in [0.25, 0.3) is 0 Å². The van der Waals surface area contributed by atoms with Gasteiger partial charge in [0.15, 0.2) is 0 Å². The first-order chi connectivity index (χ1) is 8.07. The maximum absolute atomic E-state index is 2.43. The Balaban J connectivity index is 3.14. The van der Waals surface area contributed by atoms with Crippen molar-refractivity contribution in [2.45, 2.75) is 82.8 Å². The third-order valence-electron chi connectivity index (χ3n) is 3.23. The van der Waals surface area contributed by atoms with Gasteiger partial charge in [0.05, 0.1) is 0 Å². The lowest BCUT2D eigenvalue weighted by atomic mass is 9.95. The van der Waals surface area contributed by atoms with Crippen LogP contribution in [0.2, 0.25) is 0 Å². The molecule has 2 heteroatoms. The van der Waals surface area contributed by atoms with E-state index in [9.17, 15) is 0 Å². The third-order valence-corrected chi connectivity index (χ3v) is 6.62. The van der Waals surface area contributed by atoms with Gasteiger partial charge in [0.2, 0.25) is 0 Å². The summed E-state index contributed by atoms with van der Waals surface area (Å²) in [5, 5.41) is 0.